The molecule has 0 spiro atoms. The zero-order chi connectivity index (χ0) is 15.3. The van der Waals surface area contributed by atoms with Gasteiger partial charge in [0.2, 0.25) is 5.91 Å². The van der Waals surface area contributed by atoms with Crippen LogP contribution in [0.2, 0.25) is 0 Å². The standard InChI is InChI=1S/C17H33N3O/c1-4-9-17(10-11-18-14-17)16(21)20(13-12-19(2)3)15-7-5-6-8-15/h15,18H,4-14H2,1-3H3. The fourth-order valence-electron chi connectivity index (χ4n) is 4.00. The topological polar surface area (TPSA) is 35.6 Å². The minimum atomic E-state index is -0.121. The normalized spacial score (nSPS) is 26.7. The number of hydrogen-bond donors (Lipinski definition) is 1. The molecule has 1 heterocycles. The smallest absolute Gasteiger partial charge is 0.230 e. The van der Waals surface area contributed by atoms with Crippen LogP contribution in [0, 0.1) is 5.41 Å². The van der Waals surface area contributed by atoms with Gasteiger partial charge in [0.15, 0.2) is 0 Å². The molecule has 4 heteroatoms. The summed E-state index contributed by atoms with van der Waals surface area (Å²) in [7, 11) is 4.19. The number of carbonyl (C=O) groups excluding carboxylic acids is 1. The fourth-order valence-corrected chi connectivity index (χ4v) is 4.00. The molecule has 2 fully saturated rings. The lowest BCUT2D eigenvalue weighted by Gasteiger charge is -2.38. The van der Waals surface area contributed by atoms with E-state index in [1.165, 1.54) is 25.7 Å². The van der Waals surface area contributed by atoms with Crippen LogP contribution in [-0.4, -0.2) is 62.0 Å². The van der Waals surface area contributed by atoms with Crippen molar-refractivity contribution in [2.24, 2.45) is 5.41 Å². The lowest BCUT2D eigenvalue weighted by molar-refractivity contribution is -0.144. The fraction of sp³-hybridized carbons (Fsp3) is 0.941. The first kappa shape index (κ1) is 16.8. The minimum Gasteiger partial charge on any atom is -0.338 e. The Morgan fingerprint density at radius 2 is 1.95 bits per heavy atom. The summed E-state index contributed by atoms with van der Waals surface area (Å²) in [5.74, 6) is 0.433. The van der Waals surface area contributed by atoms with E-state index in [1.807, 2.05) is 0 Å². The molecule has 0 aromatic heterocycles. The van der Waals surface area contributed by atoms with Crippen molar-refractivity contribution < 1.29 is 4.79 Å². The van der Waals surface area contributed by atoms with E-state index in [9.17, 15) is 4.79 Å². The van der Waals surface area contributed by atoms with Gasteiger partial charge in [0, 0.05) is 25.7 Å². The molecule has 1 saturated carbocycles. The maximum absolute atomic E-state index is 13.3. The van der Waals surface area contributed by atoms with E-state index in [-0.39, 0.29) is 5.41 Å². The van der Waals surface area contributed by atoms with E-state index in [0.717, 1.165) is 45.4 Å². The molecule has 1 amide bonds. The van der Waals surface area contributed by atoms with Crippen LogP contribution >= 0.6 is 0 Å². The summed E-state index contributed by atoms with van der Waals surface area (Å²) in [6.45, 7) is 5.94. The van der Waals surface area contributed by atoms with E-state index >= 15 is 0 Å². The number of nitrogens with zero attached hydrogens (tertiary/aromatic N) is 2. The average Bonchev–Trinajstić information content (AvgIpc) is 3.11. The van der Waals surface area contributed by atoms with Crippen molar-refractivity contribution >= 4 is 5.91 Å². The molecule has 2 aliphatic rings. The van der Waals surface area contributed by atoms with Gasteiger partial charge in [-0.3, -0.25) is 4.79 Å². The Bertz CT molecular complexity index is 331. The van der Waals surface area contributed by atoms with Gasteiger partial charge in [-0.25, -0.2) is 0 Å². The molecule has 1 atom stereocenters. The zero-order valence-corrected chi connectivity index (χ0v) is 14.2. The summed E-state index contributed by atoms with van der Waals surface area (Å²) in [6.07, 6.45) is 8.13. The molecule has 4 nitrogen and oxygen atoms in total. The molecular weight excluding hydrogens is 262 g/mol. The second-order valence-electron chi connectivity index (χ2n) is 7.20. The monoisotopic (exact) mass is 295 g/mol. The third-order valence-corrected chi connectivity index (χ3v) is 5.24. The molecule has 1 aliphatic heterocycles. The molecule has 21 heavy (non-hydrogen) atoms. The van der Waals surface area contributed by atoms with Crippen molar-refractivity contribution in [1.82, 2.24) is 15.1 Å². The van der Waals surface area contributed by atoms with Crippen LogP contribution in [0.25, 0.3) is 0 Å². The van der Waals surface area contributed by atoms with Gasteiger partial charge in [0.05, 0.1) is 5.41 Å². The number of carbonyl (C=O) groups is 1. The highest BCUT2D eigenvalue weighted by molar-refractivity contribution is 5.83. The first-order valence-electron chi connectivity index (χ1n) is 8.75. The van der Waals surface area contributed by atoms with Crippen LogP contribution in [-0.2, 0) is 4.79 Å². The third kappa shape index (κ3) is 3.98. The third-order valence-electron chi connectivity index (χ3n) is 5.24. The Hall–Kier alpha value is -0.610. The van der Waals surface area contributed by atoms with Gasteiger partial charge < -0.3 is 15.1 Å². The van der Waals surface area contributed by atoms with Gasteiger partial charge in [-0.15, -0.1) is 0 Å². The molecule has 1 unspecified atom stereocenters. The average molecular weight is 295 g/mol. The van der Waals surface area contributed by atoms with Crippen LogP contribution in [0.5, 0.6) is 0 Å². The van der Waals surface area contributed by atoms with E-state index in [2.05, 4.69) is 36.1 Å². The van der Waals surface area contributed by atoms with Crippen LogP contribution < -0.4 is 5.32 Å². The number of nitrogens with one attached hydrogen (secondary N) is 1. The summed E-state index contributed by atoms with van der Waals surface area (Å²) < 4.78 is 0. The Morgan fingerprint density at radius 1 is 1.24 bits per heavy atom. The number of hydrogen-bond acceptors (Lipinski definition) is 3. The molecule has 0 radical (unpaired) electrons. The summed E-state index contributed by atoms with van der Waals surface area (Å²) in [5, 5.41) is 3.43. The van der Waals surface area contributed by atoms with Crippen LogP contribution in [0.15, 0.2) is 0 Å². The quantitative estimate of drug-likeness (QED) is 0.781. The van der Waals surface area contributed by atoms with E-state index in [4.69, 9.17) is 0 Å². The SMILES string of the molecule is CCCC1(C(=O)N(CCN(C)C)C2CCCC2)CCNC1. The van der Waals surface area contributed by atoms with Gasteiger partial charge in [-0.2, -0.15) is 0 Å². The van der Waals surface area contributed by atoms with E-state index in [1.54, 1.807) is 0 Å². The summed E-state index contributed by atoms with van der Waals surface area (Å²) in [6, 6.07) is 0.492. The van der Waals surface area contributed by atoms with Gasteiger partial charge in [0.25, 0.3) is 0 Å². The molecule has 122 valence electrons. The summed E-state index contributed by atoms with van der Waals surface area (Å²) in [4.78, 5) is 17.8. The highest BCUT2D eigenvalue weighted by Crippen LogP contribution is 2.36. The summed E-state index contributed by atoms with van der Waals surface area (Å²) >= 11 is 0. The van der Waals surface area contributed by atoms with Gasteiger partial charge in [-0.1, -0.05) is 26.2 Å². The maximum Gasteiger partial charge on any atom is 0.230 e. The molecule has 0 aromatic rings. The molecular formula is C17H33N3O. The van der Waals surface area contributed by atoms with E-state index in [0.29, 0.717) is 11.9 Å². The van der Waals surface area contributed by atoms with Crippen molar-refractivity contribution in [3.05, 3.63) is 0 Å². The predicted molar refractivity (Wildman–Crippen MR) is 87.4 cm³/mol. The Morgan fingerprint density at radius 3 is 2.48 bits per heavy atom. The van der Waals surface area contributed by atoms with Crippen molar-refractivity contribution in [1.29, 1.82) is 0 Å². The first-order valence-corrected chi connectivity index (χ1v) is 8.75. The molecule has 1 aliphatic carbocycles. The van der Waals surface area contributed by atoms with Crippen LogP contribution in [0.1, 0.15) is 51.9 Å². The Kier molecular flexibility index (Phi) is 6.06. The number of rotatable bonds is 7. The highest BCUT2D eigenvalue weighted by atomic mass is 16.2. The molecule has 0 bridgehead atoms. The maximum atomic E-state index is 13.3. The minimum absolute atomic E-state index is 0.121. The lowest BCUT2D eigenvalue weighted by atomic mass is 9.80. The molecule has 2 rings (SSSR count). The van der Waals surface area contributed by atoms with Crippen molar-refractivity contribution in [3.8, 4) is 0 Å². The van der Waals surface area contributed by atoms with E-state index < -0.39 is 0 Å². The predicted octanol–water partition coefficient (Wildman–Crippen LogP) is 2.10. The van der Waals surface area contributed by atoms with Crippen molar-refractivity contribution in [2.75, 3.05) is 40.3 Å². The second-order valence-corrected chi connectivity index (χ2v) is 7.20. The molecule has 1 N–H and O–H groups in total. The molecule has 1 saturated heterocycles. The highest BCUT2D eigenvalue weighted by Gasteiger charge is 2.44. The Balaban J connectivity index is 2.11. The summed E-state index contributed by atoms with van der Waals surface area (Å²) in [5.41, 5.74) is -0.121. The van der Waals surface area contributed by atoms with Gasteiger partial charge >= 0.3 is 0 Å². The lowest BCUT2D eigenvalue weighted by Crippen LogP contribution is -2.51. The first-order chi connectivity index (χ1) is 10.1. The van der Waals surface area contributed by atoms with Gasteiger partial charge in [0.1, 0.15) is 0 Å². The Labute approximate surface area is 130 Å². The van der Waals surface area contributed by atoms with Crippen molar-refractivity contribution in [3.63, 3.8) is 0 Å². The number of likely N-dealkylation sites (N-methyl/N-ethyl adjacent to an activating group) is 1. The molecule has 0 aromatic carbocycles. The largest absolute Gasteiger partial charge is 0.338 e. The van der Waals surface area contributed by atoms with Crippen LogP contribution in [0.3, 0.4) is 0 Å². The van der Waals surface area contributed by atoms with Gasteiger partial charge in [-0.05, 0) is 46.3 Å². The zero-order valence-electron chi connectivity index (χ0n) is 14.2. The van der Waals surface area contributed by atoms with Crippen molar-refractivity contribution in [2.45, 2.75) is 57.9 Å². The number of amides is 1. The van der Waals surface area contributed by atoms with Crippen LogP contribution in [0.4, 0.5) is 0 Å². The second kappa shape index (κ2) is 7.59.